The van der Waals surface area contributed by atoms with Crippen molar-refractivity contribution in [3.8, 4) is 0 Å². The van der Waals surface area contributed by atoms with Crippen molar-refractivity contribution in [1.82, 2.24) is 9.29 Å². The Balaban J connectivity index is 1.82. The first-order valence-electron chi connectivity index (χ1n) is 8.69. The molecule has 1 N–H and O–H groups in total. The largest absolute Gasteiger partial charge is 0.342 e. The van der Waals surface area contributed by atoms with Gasteiger partial charge in [-0.1, -0.05) is 0 Å². The number of hydrogen-bond acceptors (Lipinski definition) is 3. The Morgan fingerprint density at radius 3 is 2.56 bits per heavy atom. The highest BCUT2D eigenvalue weighted by Gasteiger charge is 2.34. The molecule has 2 fully saturated rings. The predicted molar refractivity (Wildman–Crippen MR) is 92.5 cm³/mol. The molecule has 0 atom stereocenters. The van der Waals surface area contributed by atoms with Gasteiger partial charge in [-0.25, -0.2) is 12.8 Å². The third kappa shape index (κ3) is 2.60. The molecule has 2 heterocycles. The zero-order valence-corrected chi connectivity index (χ0v) is 14.9. The van der Waals surface area contributed by atoms with Crippen LogP contribution in [0.1, 0.15) is 42.7 Å². The summed E-state index contributed by atoms with van der Waals surface area (Å²) in [7, 11) is -3.62. The molecular weight excluding hydrogens is 343 g/mol. The smallest absolute Gasteiger partial charge is 0.258 e. The van der Waals surface area contributed by atoms with Gasteiger partial charge in [-0.15, -0.1) is 0 Å². The second-order valence-electron chi connectivity index (χ2n) is 7.19. The average molecular weight is 364 g/mol. The quantitative estimate of drug-likeness (QED) is 0.848. The van der Waals surface area contributed by atoms with Crippen molar-refractivity contribution in [2.45, 2.75) is 43.6 Å². The monoisotopic (exact) mass is 364 g/mol. The molecule has 1 aliphatic carbocycles. The van der Waals surface area contributed by atoms with Gasteiger partial charge in [0.2, 0.25) is 0 Å². The normalized spacial score (nSPS) is 24.6. The van der Waals surface area contributed by atoms with Crippen LogP contribution in [0.4, 0.5) is 4.39 Å². The molecule has 0 amide bonds. The highest BCUT2D eigenvalue weighted by Crippen LogP contribution is 2.45. The van der Waals surface area contributed by atoms with E-state index in [0.29, 0.717) is 18.5 Å². The Bertz CT molecular complexity index is 939. The number of carbonyl (C=O) groups excluding carboxylic acids is 1. The fourth-order valence-corrected chi connectivity index (χ4v) is 5.66. The number of sulfonamides is 1. The van der Waals surface area contributed by atoms with Gasteiger partial charge >= 0.3 is 0 Å². The van der Waals surface area contributed by atoms with Crippen LogP contribution < -0.4 is 0 Å². The number of aryl methyl sites for hydroxylation is 1. The van der Waals surface area contributed by atoms with Crippen molar-refractivity contribution in [2.75, 3.05) is 13.1 Å². The maximum absolute atomic E-state index is 14.4. The maximum atomic E-state index is 14.4. The number of fused-ring (bicyclic) bond motifs is 1. The summed E-state index contributed by atoms with van der Waals surface area (Å²) in [6.45, 7) is 2.86. The van der Waals surface area contributed by atoms with E-state index in [4.69, 9.17) is 0 Å². The van der Waals surface area contributed by atoms with Gasteiger partial charge in [0.05, 0.1) is 5.52 Å². The van der Waals surface area contributed by atoms with E-state index in [0.717, 1.165) is 43.1 Å². The Labute approximate surface area is 146 Å². The molecule has 1 aromatic carbocycles. The van der Waals surface area contributed by atoms with Crippen molar-refractivity contribution in [2.24, 2.45) is 5.92 Å². The molecule has 4 rings (SSSR count). The predicted octanol–water partition coefficient (Wildman–Crippen LogP) is 3.09. The lowest BCUT2D eigenvalue weighted by Gasteiger charge is -2.33. The van der Waals surface area contributed by atoms with Crippen LogP contribution in [0.15, 0.2) is 17.2 Å². The maximum Gasteiger partial charge on any atom is 0.258 e. The molecular formula is C18H21FN2O3S. The van der Waals surface area contributed by atoms with Gasteiger partial charge in [0.15, 0.2) is 0 Å². The third-order valence-electron chi connectivity index (χ3n) is 5.55. The second-order valence-corrected chi connectivity index (χ2v) is 9.09. The standard InChI is InChI=1S/C18H21FN2O3S/c1-11-6-15(19)18-14(17(11)13-7-12(8-13)10-22)9-16(20-18)25(23,24)21-4-2-3-5-21/h6,9-10,12-13,20H,2-5,7-8H2,1H3/t12-,13-. The molecule has 0 unspecified atom stereocenters. The molecule has 2 aromatic rings. The molecule has 0 bridgehead atoms. The van der Waals surface area contributed by atoms with Gasteiger partial charge in [0.1, 0.15) is 17.1 Å². The first-order chi connectivity index (χ1) is 11.9. The molecule has 1 saturated heterocycles. The van der Waals surface area contributed by atoms with E-state index in [1.54, 1.807) is 6.07 Å². The number of H-pyrrole nitrogens is 1. The Morgan fingerprint density at radius 2 is 1.92 bits per heavy atom. The average Bonchev–Trinajstić information content (AvgIpc) is 3.18. The van der Waals surface area contributed by atoms with E-state index in [9.17, 15) is 17.6 Å². The molecule has 2 aliphatic rings. The highest BCUT2D eigenvalue weighted by molar-refractivity contribution is 7.89. The van der Waals surface area contributed by atoms with Gasteiger partial charge in [0.25, 0.3) is 10.0 Å². The fourth-order valence-electron chi connectivity index (χ4n) is 4.14. The van der Waals surface area contributed by atoms with Crippen LogP contribution in [0, 0.1) is 18.7 Å². The molecule has 1 aromatic heterocycles. The fraction of sp³-hybridized carbons (Fsp3) is 0.500. The van der Waals surface area contributed by atoms with Crippen LogP contribution in [0.3, 0.4) is 0 Å². The SMILES string of the molecule is Cc1cc(F)c2[nH]c(S(=O)(=O)N3CCCC3)cc2c1[C@H]1C[C@H](C=O)C1. The first-order valence-corrected chi connectivity index (χ1v) is 10.1. The van der Waals surface area contributed by atoms with E-state index >= 15 is 0 Å². The van der Waals surface area contributed by atoms with Gasteiger partial charge in [-0.2, -0.15) is 4.31 Å². The van der Waals surface area contributed by atoms with E-state index in [2.05, 4.69) is 4.98 Å². The van der Waals surface area contributed by atoms with E-state index in [-0.39, 0.29) is 22.4 Å². The van der Waals surface area contributed by atoms with Crippen LogP contribution in [-0.4, -0.2) is 37.1 Å². The van der Waals surface area contributed by atoms with E-state index < -0.39 is 15.8 Å². The number of carbonyl (C=O) groups is 1. The molecule has 5 nitrogen and oxygen atoms in total. The lowest BCUT2D eigenvalue weighted by atomic mass is 9.70. The minimum absolute atomic E-state index is 0.0521. The van der Waals surface area contributed by atoms with Crippen LogP contribution in [0.25, 0.3) is 10.9 Å². The van der Waals surface area contributed by atoms with Gasteiger partial charge in [-0.05, 0) is 61.8 Å². The number of nitrogens with zero attached hydrogens (tertiary/aromatic N) is 1. The second kappa shape index (κ2) is 5.92. The van der Waals surface area contributed by atoms with Crippen molar-refractivity contribution in [1.29, 1.82) is 0 Å². The number of rotatable bonds is 4. The molecule has 134 valence electrons. The number of aromatic nitrogens is 1. The summed E-state index contributed by atoms with van der Waals surface area (Å²) in [5, 5.41) is 0.686. The number of halogens is 1. The van der Waals surface area contributed by atoms with E-state index in [1.807, 2.05) is 6.92 Å². The summed E-state index contributed by atoms with van der Waals surface area (Å²) >= 11 is 0. The van der Waals surface area contributed by atoms with Crippen LogP contribution >= 0.6 is 0 Å². The Morgan fingerprint density at radius 1 is 1.24 bits per heavy atom. The zero-order valence-electron chi connectivity index (χ0n) is 14.1. The van der Waals surface area contributed by atoms with Gasteiger partial charge in [0, 0.05) is 24.4 Å². The number of hydrogen-bond donors (Lipinski definition) is 1. The Kier molecular flexibility index (Phi) is 3.96. The first kappa shape index (κ1) is 16.7. The van der Waals surface area contributed by atoms with Crippen molar-refractivity contribution in [3.63, 3.8) is 0 Å². The zero-order chi connectivity index (χ0) is 17.8. The molecule has 1 aliphatic heterocycles. The van der Waals surface area contributed by atoms with Crippen molar-refractivity contribution in [3.05, 3.63) is 29.1 Å². The lowest BCUT2D eigenvalue weighted by Crippen LogP contribution is -2.28. The Hall–Kier alpha value is -1.73. The summed E-state index contributed by atoms with van der Waals surface area (Å²) in [5.41, 5.74) is 2.02. The minimum atomic E-state index is -3.62. The molecule has 0 spiro atoms. The van der Waals surface area contributed by atoms with Crippen LogP contribution in [-0.2, 0) is 14.8 Å². The topological polar surface area (TPSA) is 70.2 Å². The van der Waals surface area contributed by atoms with Crippen LogP contribution in [0.5, 0.6) is 0 Å². The minimum Gasteiger partial charge on any atom is -0.342 e. The van der Waals surface area contributed by atoms with Crippen LogP contribution in [0.2, 0.25) is 0 Å². The third-order valence-corrected chi connectivity index (χ3v) is 7.37. The highest BCUT2D eigenvalue weighted by atomic mass is 32.2. The molecule has 1 saturated carbocycles. The number of aromatic amines is 1. The van der Waals surface area contributed by atoms with Gasteiger partial charge < -0.3 is 9.78 Å². The molecule has 25 heavy (non-hydrogen) atoms. The summed E-state index contributed by atoms with van der Waals surface area (Å²) in [6.07, 6.45) is 4.16. The summed E-state index contributed by atoms with van der Waals surface area (Å²) in [6, 6.07) is 3.03. The summed E-state index contributed by atoms with van der Waals surface area (Å²) in [4.78, 5) is 13.7. The van der Waals surface area contributed by atoms with Crippen molar-refractivity contribution >= 4 is 27.2 Å². The number of nitrogens with one attached hydrogen (secondary N) is 1. The summed E-state index contributed by atoms with van der Waals surface area (Å²) in [5.74, 6) is -0.210. The molecule has 0 radical (unpaired) electrons. The van der Waals surface area contributed by atoms with E-state index in [1.165, 1.54) is 10.4 Å². The number of aldehydes is 1. The van der Waals surface area contributed by atoms with Crippen molar-refractivity contribution < 1.29 is 17.6 Å². The summed E-state index contributed by atoms with van der Waals surface area (Å²) < 4.78 is 41.5. The van der Waals surface area contributed by atoms with Gasteiger partial charge in [-0.3, -0.25) is 0 Å². The lowest BCUT2D eigenvalue weighted by molar-refractivity contribution is -0.113. The number of benzene rings is 1. The molecule has 7 heteroatoms.